The first kappa shape index (κ1) is 19.3. The zero-order valence-electron chi connectivity index (χ0n) is 15.8. The van der Waals surface area contributed by atoms with E-state index >= 15 is 0 Å². The van der Waals surface area contributed by atoms with Crippen molar-refractivity contribution in [3.05, 3.63) is 100 Å². The molecule has 0 aliphatic heterocycles. The van der Waals surface area contributed by atoms with Gasteiger partial charge < -0.3 is 10.6 Å². The van der Waals surface area contributed by atoms with Crippen molar-refractivity contribution in [1.29, 1.82) is 0 Å². The molecule has 0 fully saturated rings. The number of benzene rings is 3. The van der Waals surface area contributed by atoms with Crippen LogP contribution in [0.25, 0.3) is 0 Å². The molecular weight excluding hydrogens is 355 g/mol. The Kier molecular flexibility index (Phi) is 5.84. The number of hydrogen-bond donors (Lipinski definition) is 2. The Morgan fingerprint density at radius 2 is 1.32 bits per heavy atom. The number of aryl methyl sites for hydroxylation is 2. The number of carbonyl (C=O) groups excluding carboxylic acids is 2. The summed E-state index contributed by atoms with van der Waals surface area (Å²) in [4.78, 5) is 24.8. The van der Waals surface area contributed by atoms with Gasteiger partial charge in [-0.15, -0.1) is 0 Å². The molecule has 2 amide bonds. The average molecular weight is 376 g/mol. The number of rotatable bonds is 5. The molecule has 0 aliphatic rings. The highest BCUT2D eigenvalue weighted by Crippen LogP contribution is 2.20. The highest BCUT2D eigenvalue weighted by atomic mass is 19.1. The van der Waals surface area contributed by atoms with E-state index in [4.69, 9.17) is 0 Å². The van der Waals surface area contributed by atoms with E-state index in [-0.39, 0.29) is 17.6 Å². The van der Waals surface area contributed by atoms with Gasteiger partial charge >= 0.3 is 0 Å². The predicted octanol–water partition coefficient (Wildman–Crippen LogP) is 4.62. The van der Waals surface area contributed by atoms with E-state index in [1.165, 1.54) is 12.1 Å². The number of anilines is 1. The standard InChI is InChI=1S/C23H21FN2O2/c1-15-4-3-5-16(2)21(15)26-23(28)19-10-8-18(9-11-19)22(27)25-14-17-6-12-20(24)13-7-17/h3-13H,14H2,1-2H3,(H,25,27)(H,26,28). The van der Waals surface area contributed by atoms with Gasteiger partial charge in [0.1, 0.15) is 5.82 Å². The monoisotopic (exact) mass is 376 g/mol. The van der Waals surface area contributed by atoms with E-state index in [1.807, 2.05) is 32.0 Å². The zero-order chi connectivity index (χ0) is 20.1. The van der Waals surface area contributed by atoms with E-state index in [9.17, 15) is 14.0 Å². The summed E-state index contributed by atoms with van der Waals surface area (Å²) in [7, 11) is 0. The van der Waals surface area contributed by atoms with E-state index in [0.717, 1.165) is 22.4 Å². The van der Waals surface area contributed by atoms with Crippen LogP contribution in [0, 0.1) is 19.7 Å². The van der Waals surface area contributed by atoms with E-state index in [2.05, 4.69) is 10.6 Å². The minimum Gasteiger partial charge on any atom is -0.348 e. The van der Waals surface area contributed by atoms with Crippen molar-refractivity contribution in [2.75, 3.05) is 5.32 Å². The summed E-state index contributed by atoms with van der Waals surface area (Å²) in [6.07, 6.45) is 0. The average Bonchev–Trinajstić information content (AvgIpc) is 2.70. The number of halogens is 1. The van der Waals surface area contributed by atoms with Crippen LogP contribution in [0.2, 0.25) is 0 Å². The van der Waals surface area contributed by atoms with Crippen molar-refractivity contribution in [3.63, 3.8) is 0 Å². The summed E-state index contributed by atoms with van der Waals surface area (Å²) < 4.78 is 12.9. The topological polar surface area (TPSA) is 58.2 Å². The molecule has 0 spiro atoms. The molecule has 0 aliphatic carbocycles. The van der Waals surface area contributed by atoms with Gasteiger partial charge in [-0.25, -0.2) is 4.39 Å². The number of carbonyl (C=O) groups is 2. The summed E-state index contributed by atoms with van der Waals surface area (Å²) in [5, 5.41) is 5.70. The Hall–Kier alpha value is -3.47. The second-order valence-electron chi connectivity index (χ2n) is 6.61. The molecule has 0 saturated carbocycles. The van der Waals surface area contributed by atoms with Crippen LogP contribution >= 0.6 is 0 Å². The molecule has 3 aromatic carbocycles. The first-order valence-electron chi connectivity index (χ1n) is 8.94. The molecule has 0 bridgehead atoms. The Balaban J connectivity index is 1.63. The van der Waals surface area contributed by atoms with Crippen LogP contribution in [0.5, 0.6) is 0 Å². The van der Waals surface area contributed by atoms with Crippen LogP contribution < -0.4 is 10.6 Å². The Labute approximate surface area is 163 Å². The van der Waals surface area contributed by atoms with Gasteiger partial charge in [-0.05, 0) is 66.9 Å². The van der Waals surface area contributed by atoms with Crippen molar-refractivity contribution >= 4 is 17.5 Å². The van der Waals surface area contributed by atoms with Crippen LogP contribution in [-0.2, 0) is 6.54 Å². The van der Waals surface area contributed by atoms with Crippen molar-refractivity contribution in [1.82, 2.24) is 5.32 Å². The summed E-state index contributed by atoms with van der Waals surface area (Å²) in [6, 6.07) is 18.2. The quantitative estimate of drug-likeness (QED) is 0.682. The van der Waals surface area contributed by atoms with Gasteiger partial charge in [-0.1, -0.05) is 30.3 Å². The highest BCUT2D eigenvalue weighted by molar-refractivity contribution is 6.05. The van der Waals surface area contributed by atoms with Gasteiger partial charge in [-0.3, -0.25) is 9.59 Å². The molecule has 0 aromatic heterocycles. The maximum Gasteiger partial charge on any atom is 0.255 e. The highest BCUT2D eigenvalue weighted by Gasteiger charge is 2.11. The van der Waals surface area contributed by atoms with Crippen LogP contribution in [-0.4, -0.2) is 11.8 Å². The molecule has 0 saturated heterocycles. The maximum atomic E-state index is 12.9. The predicted molar refractivity (Wildman–Crippen MR) is 108 cm³/mol. The zero-order valence-corrected chi connectivity index (χ0v) is 15.8. The number of hydrogen-bond acceptors (Lipinski definition) is 2. The fourth-order valence-corrected chi connectivity index (χ4v) is 2.86. The van der Waals surface area contributed by atoms with Crippen LogP contribution in [0.3, 0.4) is 0 Å². The number of amides is 2. The SMILES string of the molecule is Cc1cccc(C)c1NC(=O)c1ccc(C(=O)NCc2ccc(F)cc2)cc1. The van der Waals surface area contributed by atoms with Crippen molar-refractivity contribution in [2.45, 2.75) is 20.4 Å². The number of nitrogens with one attached hydrogen (secondary N) is 2. The third-order valence-electron chi connectivity index (χ3n) is 4.50. The molecule has 142 valence electrons. The van der Waals surface area contributed by atoms with Crippen molar-refractivity contribution in [3.8, 4) is 0 Å². The maximum absolute atomic E-state index is 12.9. The van der Waals surface area contributed by atoms with Gasteiger partial charge in [0, 0.05) is 23.4 Å². The van der Waals surface area contributed by atoms with Crippen molar-refractivity contribution in [2.24, 2.45) is 0 Å². The molecule has 0 unspecified atom stereocenters. The fourth-order valence-electron chi connectivity index (χ4n) is 2.86. The largest absolute Gasteiger partial charge is 0.348 e. The van der Waals surface area contributed by atoms with E-state index < -0.39 is 0 Å². The molecule has 2 N–H and O–H groups in total. The third kappa shape index (κ3) is 4.62. The number of para-hydroxylation sites is 1. The normalized spacial score (nSPS) is 10.4. The van der Waals surface area contributed by atoms with E-state index in [0.29, 0.717) is 17.7 Å². The molecule has 0 heterocycles. The van der Waals surface area contributed by atoms with Gasteiger partial charge in [-0.2, -0.15) is 0 Å². The van der Waals surface area contributed by atoms with Gasteiger partial charge in [0.2, 0.25) is 0 Å². The first-order valence-corrected chi connectivity index (χ1v) is 8.94. The molecule has 3 aromatic rings. The molecule has 28 heavy (non-hydrogen) atoms. The molecular formula is C23H21FN2O2. The lowest BCUT2D eigenvalue weighted by Crippen LogP contribution is -2.23. The van der Waals surface area contributed by atoms with Gasteiger partial charge in [0.15, 0.2) is 0 Å². The third-order valence-corrected chi connectivity index (χ3v) is 4.50. The first-order chi connectivity index (χ1) is 13.4. The smallest absolute Gasteiger partial charge is 0.255 e. The van der Waals surface area contributed by atoms with Crippen molar-refractivity contribution < 1.29 is 14.0 Å². The summed E-state index contributed by atoms with van der Waals surface area (Å²) in [5.41, 5.74) is 4.51. The second kappa shape index (κ2) is 8.48. The Morgan fingerprint density at radius 3 is 1.89 bits per heavy atom. The summed E-state index contributed by atoms with van der Waals surface area (Å²) in [5.74, 6) is -0.800. The van der Waals surface area contributed by atoms with Gasteiger partial charge in [0.25, 0.3) is 11.8 Å². The van der Waals surface area contributed by atoms with Gasteiger partial charge in [0.05, 0.1) is 0 Å². The fraction of sp³-hybridized carbons (Fsp3) is 0.130. The molecule has 3 rings (SSSR count). The minimum atomic E-state index is -0.315. The molecule has 0 atom stereocenters. The molecule has 0 radical (unpaired) electrons. The Morgan fingerprint density at radius 1 is 0.786 bits per heavy atom. The summed E-state index contributed by atoms with van der Waals surface area (Å²) >= 11 is 0. The second-order valence-corrected chi connectivity index (χ2v) is 6.61. The lowest BCUT2D eigenvalue weighted by Gasteiger charge is -2.12. The van der Waals surface area contributed by atoms with Crippen LogP contribution in [0.4, 0.5) is 10.1 Å². The van der Waals surface area contributed by atoms with E-state index in [1.54, 1.807) is 36.4 Å². The molecule has 4 nitrogen and oxygen atoms in total. The van der Waals surface area contributed by atoms with Crippen LogP contribution in [0.15, 0.2) is 66.7 Å². The molecule has 5 heteroatoms. The minimum absolute atomic E-state index is 0.226. The Bertz CT molecular complexity index is 976. The summed E-state index contributed by atoms with van der Waals surface area (Å²) in [6.45, 7) is 4.18. The lowest BCUT2D eigenvalue weighted by molar-refractivity contribution is 0.0949. The lowest BCUT2D eigenvalue weighted by atomic mass is 10.1. The van der Waals surface area contributed by atoms with Crippen LogP contribution in [0.1, 0.15) is 37.4 Å².